The maximum Gasteiger partial charge on any atom is 0.189 e. The SMILES string of the molecule is CSc1nc2c(c(N3CCN[C@@H](CC#N)C3)n1)COC(c1c(Cl)c(C)cc3c1cnn3C1CCCCO1)C2. The molecule has 0 amide bonds. The van der Waals surface area contributed by atoms with Crippen molar-refractivity contribution >= 4 is 40.1 Å². The fraction of sp³-hybridized carbons (Fsp3) is 0.556. The molecule has 1 aromatic carbocycles. The third kappa shape index (κ3) is 4.75. The number of anilines is 1. The van der Waals surface area contributed by atoms with E-state index >= 15 is 0 Å². The molecule has 1 N–H and O–H groups in total. The minimum Gasteiger partial charge on any atom is -0.368 e. The van der Waals surface area contributed by atoms with Crippen molar-refractivity contribution in [3.63, 3.8) is 0 Å². The van der Waals surface area contributed by atoms with E-state index in [-0.39, 0.29) is 18.4 Å². The van der Waals surface area contributed by atoms with Crippen molar-refractivity contribution in [1.29, 1.82) is 5.26 Å². The van der Waals surface area contributed by atoms with Crippen molar-refractivity contribution < 1.29 is 9.47 Å². The number of aromatic nitrogens is 4. The van der Waals surface area contributed by atoms with Crippen molar-refractivity contribution in [3.8, 4) is 6.07 Å². The first-order valence-corrected chi connectivity index (χ1v) is 14.9. The number of nitriles is 1. The van der Waals surface area contributed by atoms with Gasteiger partial charge in [0.1, 0.15) is 5.82 Å². The van der Waals surface area contributed by atoms with E-state index in [1.54, 1.807) is 11.8 Å². The van der Waals surface area contributed by atoms with Crippen LogP contribution in [0.5, 0.6) is 0 Å². The van der Waals surface area contributed by atoms with E-state index < -0.39 is 0 Å². The van der Waals surface area contributed by atoms with Gasteiger partial charge in [0.2, 0.25) is 0 Å². The number of hydrogen-bond acceptors (Lipinski definition) is 9. The molecule has 0 spiro atoms. The van der Waals surface area contributed by atoms with Gasteiger partial charge < -0.3 is 19.7 Å². The fourth-order valence-electron chi connectivity index (χ4n) is 5.82. The molecule has 38 heavy (non-hydrogen) atoms. The minimum absolute atomic E-state index is 0.0500. The first-order chi connectivity index (χ1) is 18.6. The molecule has 2 unspecified atom stereocenters. The Morgan fingerprint density at radius 3 is 2.97 bits per heavy atom. The van der Waals surface area contributed by atoms with Crippen LogP contribution in [0.2, 0.25) is 5.02 Å². The molecular weight excluding hydrogens is 522 g/mol. The van der Waals surface area contributed by atoms with Crippen molar-refractivity contribution in [1.82, 2.24) is 25.1 Å². The van der Waals surface area contributed by atoms with Crippen LogP contribution in [0.25, 0.3) is 10.9 Å². The van der Waals surface area contributed by atoms with Gasteiger partial charge in [0.25, 0.3) is 0 Å². The summed E-state index contributed by atoms with van der Waals surface area (Å²) in [5, 5.41) is 19.8. The minimum atomic E-state index is -0.242. The highest BCUT2D eigenvalue weighted by atomic mass is 35.5. The zero-order valence-corrected chi connectivity index (χ0v) is 23.3. The molecule has 3 aromatic rings. The number of aryl methyl sites for hydroxylation is 1. The highest BCUT2D eigenvalue weighted by molar-refractivity contribution is 7.98. The van der Waals surface area contributed by atoms with Crippen LogP contribution in [0.3, 0.4) is 0 Å². The molecular formula is C27H32ClN7O2S. The maximum atomic E-state index is 9.20. The summed E-state index contributed by atoms with van der Waals surface area (Å²) in [6, 6.07) is 4.52. The molecule has 3 aliphatic rings. The first-order valence-electron chi connectivity index (χ1n) is 13.3. The van der Waals surface area contributed by atoms with Gasteiger partial charge in [-0.05, 0) is 44.1 Å². The fourth-order valence-corrected chi connectivity index (χ4v) is 6.47. The van der Waals surface area contributed by atoms with E-state index in [4.69, 9.17) is 36.1 Å². The topological polar surface area (TPSA) is 101 Å². The third-order valence-corrected chi connectivity index (χ3v) is 8.79. The molecule has 2 fully saturated rings. The molecule has 9 nitrogen and oxygen atoms in total. The highest BCUT2D eigenvalue weighted by Gasteiger charge is 2.32. The predicted octanol–water partition coefficient (Wildman–Crippen LogP) is 4.72. The van der Waals surface area contributed by atoms with E-state index in [1.165, 1.54) is 0 Å². The normalized spacial score (nSPS) is 23.8. The highest BCUT2D eigenvalue weighted by Crippen LogP contribution is 2.42. The molecule has 5 heterocycles. The Morgan fingerprint density at radius 2 is 2.18 bits per heavy atom. The van der Waals surface area contributed by atoms with Crippen LogP contribution in [-0.2, 0) is 22.5 Å². The molecule has 0 radical (unpaired) electrons. The summed E-state index contributed by atoms with van der Waals surface area (Å²) in [4.78, 5) is 12.1. The molecule has 0 bridgehead atoms. The number of benzene rings is 1. The monoisotopic (exact) mass is 553 g/mol. The number of piperazine rings is 1. The van der Waals surface area contributed by atoms with Gasteiger partial charge >= 0.3 is 0 Å². The van der Waals surface area contributed by atoms with Crippen LogP contribution in [0.15, 0.2) is 17.4 Å². The molecule has 6 rings (SSSR count). The van der Waals surface area contributed by atoms with Crippen molar-refractivity contribution in [2.45, 2.75) is 69.2 Å². The van der Waals surface area contributed by atoms with Gasteiger partial charge in [0, 0.05) is 55.2 Å². The number of thioether (sulfide) groups is 1. The lowest BCUT2D eigenvalue weighted by molar-refractivity contribution is -0.0366. The molecule has 11 heteroatoms. The maximum absolute atomic E-state index is 9.20. The smallest absolute Gasteiger partial charge is 0.189 e. The summed E-state index contributed by atoms with van der Waals surface area (Å²) in [5.41, 5.74) is 5.03. The van der Waals surface area contributed by atoms with Crippen LogP contribution in [0, 0.1) is 18.3 Å². The van der Waals surface area contributed by atoms with Crippen molar-refractivity contribution in [2.24, 2.45) is 0 Å². The molecule has 2 saturated heterocycles. The van der Waals surface area contributed by atoms with Gasteiger partial charge in [0.15, 0.2) is 11.4 Å². The summed E-state index contributed by atoms with van der Waals surface area (Å²) in [6.45, 7) is 5.58. The third-order valence-electron chi connectivity index (χ3n) is 7.74. The Hall–Kier alpha value is -2.42. The van der Waals surface area contributed by atoms with Crippen molar-refractivity contribution in [3.05, 3.63) is 39.7 Å². The van der Waals surface area contributed by atoms with E-state index in [0.717, 1.165) is 94.8 Å². The summed E-state index contributed by atoms with van der Waals surface area (Å²) < 4.78 is 14.6. The zero-order valence-electron chi connectivity index (χ0n) is 21.7. The Kier molecular flexibility index (Phi) is 7.47. The van der Waals surface area contributed by atoms with Crippen LogP contribution in [0.1, 0.15) is 60.4 Å². The van der Waals surface area contributed by atoms with E-state index in [0.29, 0.717) is 19.4 Å². The molecule has 200 valence electrons. The quantitative estimate of drug-likeness (QED) is 0.355. The number of nitrogens with one attached hydrogen (secondary N) is 1. The van der Waals surface area contributed by atoms with Crippen molar-refractivity contribution in [2.75, 3.05) is 37.4 Å². The summed E-state index contributed by atoms with van der Waals surface area (Å²) >= 11 is 8.50. The van der Waals surface area contributed by atoms with Gasteiger partial charge in [-0.3, -0.25) is 0 Å². The Labute approximate surface area is 231 Å². The molecule has 3 aliphatic heterocycles. The second-order valence-electron chi connectivity index (χ2n) is 10.2. The van der Waals surface area contributed by atoms with E-state index in [9.17, 15) is 5.26 Å². The average Bonchev–Trinajstić information content (AvgIpc) is 3.36. The lowest BCUT2D eigenvalue weighted by Crippen LogP contribution is -2.51. The summed E-state index contributed by atoms with van der Waals surface area (Å²) in [6.07, 6.45) is 7.88. The second kappa shape index (κ2) is 11.0. The van der Waals surface area contributed by atoms with Crippen LogP contribution in [0.4, 0.5) is 5.82 Å². The summed E-state index contributed by atoms with van der Waals surface area (Å²) in [7, 11) is 0. The number of halogens is 1. The Balaban J connectivity index is 1.36. The van der Waals surface area contributed by atoms with Gasteiger partial charge in [-0.25, -0.2) is 14.6 Å². The lowest BCUT2D eigenvalue weighted by atomic mass is 9.95. The number of fused-ring (bicyclic) bond motifs is 2. The van der Waals surface area contributed by atoms with Gasteiger partial charge in [-0.2, -0.15) is 10.4 Å². The lowest BCUT2D eigenvalue weighted by Gasteiger charge is -2.36. The average molecular weight is 554 g/mol. The van der Waals surface area contributed by atoms with E-state index in [2.05, 4.69) is 22.4 Å². The van der Waals surface area contributed by atoms with Gasteiger partial charge in [0.05, 0.1) is 47.6 Å². The Morgan fingerprint density at radius 1 is 1.29 bits per heavy atom. The second-order valence-corrected chi connectivity index (χ2v) is 11.3. The number of rotatable bonds is 5. The van der Waals surface area contributed by atoms with Crippen LogP contribution >= 0.6 is 23.4 Å². The number of ether oxygens (including phenoxy) is 2. The van der Waals surface area contributed by atoms with E-state index in [1.807, 2.05) is 24.1 Å². The first kappa shape index (κ1) is 25.8. The van der Waals surface area contributed by atoms with Crippen LogP contribution < -0.4 is 10.2 Å². The number of hydrogen-bond donors (Lipinski definition) is 1. The van der Waals surface area contributed by atoms with Gasteiger partial charge in [-0.1, -0.05) is 23.4 Å². The zero-order chi connectivity index (χ0) is 26.2. The molecule has 2 aromatic heterocycles. The standard InChI is InChI=1S/C27H32ClN7O2S/c1-16-11-21-18(13-31-35(21)23-5-3-4-10-36-23)24(25(16)28)22-12-20-19(15-37-22)26(33-27(32-20)38-2)34-9-8-30-17(14-34)6-7-29/h11,13,17,22-23,30H,3-6,8-10,12,14-15H2,1-2H3/t17-,22?,23?/m0/s1. The Bertz CT molecular complexity index is 1380. The number of nitrogens with zero attached hydrogens (tertiary/aromatic N) is 6. The predicted molar refractivity (Wildman–Crippen MR) is 148 cm³/mol. The van der Waals surface area contributed by atoms with Crippen LogP contribution in [-0.4, -0.2) is 58.3 Å². The molecule has 3 atom stereocenters. The molecule has 0 saturated carbocycles. The molecule has 0 aliphatic carbocycles. The summed E-state index contributed by atoms with van der Waals surface area (Å²) in [5.74, 6) is 0.921. The largest absolute Gasteiger partial charge is 0.368 e. The van der Waals surface area contributed by atoms with Gasteiger partial charge in [-0.15, -0.1) is 0 Å².